The third-order valence-electron chi connectivity index (χ3n) is 3.15. The molecule has 0 aromatic rings. The van der Waals surface area contributed by atoms with Crippen LogP contribution in [0.25, 0.3) is 0 Å². The standard InChI is InChI=1S/C11H23N/c1-3-10-8-6-5-7-9-11(10)12-4-2/h10-12H,3-9H2,1-2H3. The lowest BCUT2D eigenvalue weighted by molar-refractivity contribution is 0.331. The molecule has 0 saturated heterocycles. The van der Waals surface area contributed by atoms with Crippen LogP contribution in [-0.4, -0.2) is 12.6 Å². The molecule has 2 atom stereocenters. The first-order chi connectivity index (χ1) is 5.88. The highest BCUT2D eigenvalue weighted by molar-refractivity contribution is 4.77. The summed E-state index contributed by atoms with van der Waals surface area (Å²) in [5.41, 5.74) is 0. The summed E-state index contributed by atoms with van der Waals surface area (Å²) in [6.07, 6.45) is 8.57. The van der Waals surface area contributed by atoms with Crippen LogP contribution in [0.4, 0.5) is 0 Å². The number of nitrogens with one attached hydrogen (secondary N) is 1. The second-order valence-corrected chi connectivity index (χ2v) is 3.97. The lowest BCUT2D eigenvalue weighted by Crippen LogP contribution is -2.35. The van der Waals surface area contributed by atoms with Gasteiger partial charge in [-0.05, 0) is 25.3 Å². The summed E-state index contributed by atoms with van der Waals surface area (Å²) in [6.45, 7) is 5.69. The molecular formula is C11H23N. The van der Waals surface area contributed by atoms with Crippen molar-refractivity contribution in [3.63, 3.8) is 0 Å². The molecule has 0 aliphatic heterocycles. The maximum absolute atomic E-state index is 3.63. The Hall–Kier alpha value is -0.0400. The number of rotatable bonds is 3. The van der Waals surface area contributed by atoms with Crippen LogP contribution >= 0.6 is 0 Å². The van der Waals surface area contributed by atoms with Gasteiger partial charge in [0, 0.05) is 6.04 Å². The van der Waals surface area contributed by atoms with Crippen molar-refractivity contribution in [2.24, 2.45) is 5.92 Å². The van der Waals surface area contributed by atoms with Gasteiger partial charge in [0.2, 0.25) is 0 Å². The van der Waals surface area contributed by atoms with Crippen molar-refractivity contribution in [3.05, 3.63) is 0 Å². The molecule has 1 fully saturated rings. The topological polar surface area (TPSA) is 12.0 Å². The molecule has 0 spiro atoms. The lowest BCUT2D eigenvalue weighted by atomic mass is 9.92. The Labute approximate surface area is 76.9 Å². The van der Waals surface area contributed by atoms with E-state index in [1.807, 2.05) is 0 Å². The molecule has 2 unspecified atom stereocenters. The van der Waals surface area contributed by atoms with Crippen LogP contribution in [0.15, 0.2) is 0 Å². The summed E-state index contributed by atoms with van der Waals surface area (Å²) >= 11 is 0. The van der Waals surface area contributed by atoms with Crippen LogP contribution in [0.2, 0.25) is 0 Å². The normalized spacial score (nSPS) is 31.5. The number of hydrogen-bond donors (Lipinski definition) is 1. The molecule has 12 heavy (non-hydrogen) atoms. The largest absolute Gasteiger partial charge is 0.314 e. The monoisotopic (exact) mass is 169 g/mol. The van der Waals surface area contributed by atoms with Crippen molar-refractivity contribution < 1.29 is 0 Å². The van der Waals surface area contributed by atoms with Crippen LogP contribution < -0.4 is 5.32 Å². The Kier molecular flexibility index (Phi) is 4.67. The maximum Gasteiger partial charge on any atom is 0.00951 e. The van der Waals surface area contributed by atoms with E-state index in [-0.39, 0.29) is 0 Å². The van der Waals surface area contributed by atoms with E-state index in [1.54, 1.807) is 0 Å². The third kappa shape index (κ3) is 2.78. The van der Waals surface area contributed by atoms with Gasteiger partial charge in [-0.2, -0.15) is 0 Å². The van der Waals surface area contributed by atoms with E-state index < -0.39 is 0 Å². The molecule has 1 saturated carbocycles. The highest BCUT2D eigenvalue weighted by Crippen LogP contribution is 2.25. The van der Waals surface area contributed by atoms with Gasteiger partial charge in [0.25, 0.3) is 0 Å². The van der Waals surface area contributed by atoms with Gasteiger partial charge in [-0.15, -0.1) is 0 Å². The Bertz CT molecular complexity index is 112. The van der Waals surface area contributed by atoms with Gasteiger partial charge in [-0.1, -0.05) is 39.5 Å². The molecule has 1 aliphatic rings. The minimum absolute atomic E-state index is 0.822. The van der Waals surface area contributed by atoms with Gasteiger partial charge < -0.3 is 5.32 Å². The van der Waals surface area contributed by atoms with Crippen molar-refractivity contribution in [1.82, 2.24) is 5.32 Å². The molecule has 1 N–H and O–H groups in total. The van der Waals surface area contributed by atoms with Gasteiger partial charge in [0.1, 0.15) is 0 Å². The molecule has 0 heterocycles. The zero-order valence-electron chi connectivity index (χ0n) is 8.60. The van der Waals surface area contributed by atoms with Crippen molar-refractivity contribution in [2.75, 3.05) is 6.54 Å². The van der Waals surface area contributed by atoms with E-state index in [9.17, 15) is 0 Å². The van der Waals surface area contributed by atoms with E-state index in [0.29, 0.717) is 0 Å². The fourth-order valence-corrected chi connectivity index (χ4v) is 2.40. The summed E-state index contributed by atoms with van der Waals surface area (Å²) in [6, 6.07) is 0.822. The van der Waals surface area contributed by atoms with Crippen molar-refractivity contribution in [3.8, 4) is 0 Å². The second-order valence-electron chi connectivity index (χ2n) is 3.97. The smallest absolute Gasteiger partial charge is 0.00951 e. The molecule has 0 amide bonds. The average molecular weight is 169 g/mol. The second kappa shape index (κ2) is 5.58. The fraction of sp³-hybridized carbons (Fsp3) is 1.00. The molecule has 1 heteroatoms. The third-order valence-corrected chi connectivity index (χ3v) is 3.15. The van der Waals surface area contributed by atoms with E-state index >= 15 is 0 Å². The van der Waals surface area contributed by atoms with Gasteiger partial charge in [0.15, 0.2) is 0 Å². The summed E-state index contributed by atoms with van der Waals surface area (Å²) < 4.78 is 0. The average Bonchev–Trinajstić information content (AvgIpc) is 2.30. The van der Waals surface area contributed by atoms with Gasteiger partial charge >= 0.3 is 0 Å². The molecule has 0 bridgehead atoms. The summed E-state index contributed by atoms with van der Waals surface area (Å²) in [5, 5.41) is 3.63. The molecule has 72 valence electrons. The molecule has 0 radical (unpaired) electrons. The summed E-state index contributed by atoms with van der Waals surface area (Å²) in [7, 11) is 0. The minimum atomic E-state index is 0.822. The van der Waals surface area contributed by atoms with Crippen molar-refractivity contribution in [2.45, 2.75) is 58.4 Å². The quantitative estimate of drug-likeness (QED) is 0.640. The van der Waals surface area contributed by atoms with E-state index in [0.717, 1.165) is 18.5 Å². The first-order valence-electron chi connectivity index (χ1n) is 5.61. The Balaban J connectivity index is 2.39. The van der Waals surface area contributed by atoms with Crippen LogP contribution in [0, 0.1) is 5.92 Å². The molecule has 0 aromatic heterocycles. The first kappa shape index (κ1) is 10.0. The Morgan fingerprint density at radius 3 is 2.50 bits per heavy atom. The van der Waals surface area contributed by atoms with Gasteiger partial charge in [0.05, 0.1) is 0 Å². The summed E-state index contributed by atoms with van der Waals surface area (Å²) in [4.78, 5) is 0. The number of hydrogen-bond acceptors (Lipinski definition) is 1. The predicted molar refractivity (Wildman–Crippen MR) is 54.3 cm³/mol. The zero-order chi connectivity index (χ0) is 8.81. The summed E-state index contributed by atoms with van der Waals surface area (Å²) in [5.74, 6) is 0.951. The molecule has 1 nitrogen and oxygen atoms in total. The lowest BCUT2D eigenvalue weighted by Gasteiger charge is -2.24. The highest BCUT2D eigenvalue weighted by atomic mass is 14.9. The molecule has 1 rings (SSSR count). The van der Waals surface area contributed by atoms with Crippen LogP contribution in [-0.2, 0) is 0 Å². The van der Waals surface area contributed by atoms with E-state index in [1.165, 1.54) is 38.5 Å². The van der Waals surface area contributed by atoms with E-state index in [2.05, 4.69) is 19.2 Å². The van der Waals surface area contributed by atoms with Gasteiger partial charge in [-0.3, -0.25) is 0 Å². The Morgan fingerprint density at radius 1 is 1.08 bits per heavy atom. The van der Waals surface area contributed by atoms with Crippen molar-refractivity contribution in [1.29, 1.82) is 0 Å². The van der Waals surface area contributed by atoms with Crippen LogP contribution in [0.3, 0.4) is 0 Å². The predicted octanol–water partition coefficient (Wildman–Crippen LogP) is 2.95. The maximum atomic E-state index is 3.63. The highest BCUT2D eigenvalue weighted by Gasteiger charge is 2.20. The Morgan fingerprint density at radius 2 is 1.83 bits per heavy atom. The van der Waals surface area contributed by atoms with Crippen molar-refractivity contribution >= 4 is 0 Å². The zero-order valence-corrected chi connectivity index (χ0v) is 8.60. The van der Waals surface area contributed by atoms with Crippen LogP contribution in [0.1, 0.15) is 52.4 Å². The molecular weight excluding hydrogens is 146 g/mol. The van der Waals surface area contributed by atoms with Crippen LogP contribution in [0.5, 0.6) is 0 Å². The molecule has 0 aromatic carbocycles. The molecule has 1 aliphatic carbocycles. The van der Waals surface area contributed by atoms with Gasteiger partial charge in [-0.25, -0.2) is 0 Å². The van der Waals surface area contributed by atoms with E-state index in [4.69, 9.17) is 0 Å². The fourth-order valence-electron chi connectivity index (χ4n) is 2.40. The minimum Gasteiger partial charge on any atom is -0.314 e. The first-order valence-corrected chi connectivity index (χ1v) is 5.61. The SMILES string of the molecule is CCNC1CCCCCC1CC.